The van der Waals surface area contributed by atoms with E-state index >= 15 is 0 Å². The Kier molecular flexibility index (Phi) is 3.57. The van der Waals surface area contributed by atoms with E-state index in [2.05, 4.69) is 20.7 Å². The molecule has 0 saturated heterocycles. The number of hydrogen-bond donors (Lipinski definition) is 2. The fraction of sp³-hybridized carbons (Fsp3) is 0.250. The standard InChI is InChI=1S/C12H15N5O/c1-13-11-8-14-5-3-10(11)12(18)15-7-9-4-6-17(2)16-9/h3-6,8,13H,7H2,1-2H3,(H,15,18). The monoisotopic (exact) mass is 245 g/mol. The highest BCUT2D eigenvalue weighted by Gasteiger charge is 2.10. The van der Waals surface area contributed by atoms with Crippen LogP contribution in [0, 0.1) is 0 Å². The van der Waals surface area contributed by atoms with Gasteiger partial charge >= 0.3 is 0 Å². The van der Waals surface area contributed by atoms with Gasteiger partial charge in [0.25, 0.3) is 5.91 Å². The Morgan fingerprint density at radius 3 is 2.94 bits per heavy atom. The predicted molar refractivity (Wildman–Crippen MR) is 68.2 cm³/mol. The van der Waals surface area contributed by atoms with Crippen molar-refractivity contribution in [3.05, 3.63) is 42.0 Å². The first-order valence-corrected chi connectivity index (χ1v) is 5.59. The molecule has 0 radical (unpaired) electrons. The van der Waals surface area contributed by atoms with Crippen LogP contribution in [-0.2, 0) is 13.6 Å². The van der Waals surface area contributed by atoms with E-state index in [1.165, 1.54) is 0 Å². The van der Waals surface area contributed by atoms with Crippen LogP contribution in [0.1, 0.15) is 16.1 Å². The van der Waals surface area contributed by atoms with E-state index in [-0.39, 0.29) is 5.91 Å². The Labute approximate surface area is 105 Å². The van der Waals surface area contributed by atoms with Crippen molar-refractivity contribution in [2.24, 2.45) is 7.05 Å². The number of rotatable bonds is 4. The van der Waals surface area contributed by atoms with Gasteiger partial charge in [0, 0.05) is 26.5 Å². The summed E-state index contributed by atoms with van der Waals surface area (Å²) in [5.41, 5.74) is 2.10. The van der Waals surface area contributed by atoms with Crippen LogP contribution in [0.3, 0.4) is 0 Å². The summed E-state index contributed by atoms with van der Waals surface area (Å²) < 4.78 is 1.70. The van der Waals surface area contributed by atoms with Gasteiger partial charge in [-0.15, -0.1) is 0 Å². The lowest BCUT2D eigenvalue weighted by Gasteiger charge is -2.08. The lowest BCUT2D eigenvalue weighted by atomic mass is 10.2. The predicted octanol–water partition coefficient (Wildman–Crippen LogP) is 0.787. The van der Waals surface area contributed by atoms with E-state index in [1.807, 2.05) is 19.3 Å². The van der Waals surface area contributed by atoms with Gasteiger partial charge in [-0.25, -0.2) is 0 Å². The van der Waals surface area contributed by atoms with Crippen molar-refractivity contribution in [3.63, 3.8) is 0 Å². The summed E-state index contributed by atoms with van der Waals surface area (Å²) in [6.45, 7) is 0.408. The number of aromatic nitrogens is 3. The molecule has 2 heterocycles. The van der Waals surface area contributed by atoms with Gasteiger partial charge in [0.2, 0.25) is 0 Å². The molecular formula is C12H15N5O. The summed E-state index contributed by atoms with van der Waals surface area (Å²) >= 11 is 0. The van der Waals surface area contributed by atoms with E-state index in [9.17, 15) is 4.79 Å². The molecule has 0 bridgehead atoms. The molecule has 2 rings (SSSR count). The number of amides is 1. The van der Waals surface area contributed by atoms with Gasteiger partial charge in [0.15, 0.2) is 0 Å². The van der Waals surface area contributed by atoms with Gasteiger partial charge < -0.3 is 10.6 Å². The van der Waals surface area contributed by atoms with Crippen LogP contribution >= 0.6 is 0 Å². The normalized spacial score (nSPS) is 10.1. The summed E-state index contributed by atoms with van der Waals surface area (Å²) in [4.78, 5) is 16.0. The summed E-state index contributed by atoms with van der Waals surface area (Å²) in [6.07, 6.45) is 5.05. The number of anilines is 1. The van der Waals surface area contributed by atoms with E-state index in [0.29, 0.717) is 17.8 Å². The number of pyridine rings is 1. The van der Waals surface area contributed by atoms with Gasteiger partial charge in [0.05, 0.1) is 29.7 Å². The number of carbonyl (C=O) groups excluding carboxylic acids is 1. The van der Waals surface area contributed by atoms with Crippen molar-refractivity contribution in [1.82, 2.24) is 20.1 Å². The zero-order valence-corrected chi connectivity index (χ0v) is 10.3. The Balaban J connectivity index is 2.03. The Morgan fingerprint density at radius 1 is 1.44 bits per heavy atom. The molecule has 2 aromatic heterocycles. The topological polar surface area (TPSA) is 71.8 Å². The number of hydrogen-bond acceptors (Lipinski definition) is 4. The number of nitrogens with zero attached hydrogens (tertiary/aromatic N) is 3. The Bertz CT molecular complexity index is 549. The molecule has 0 unspecified atom stereocenters. The van der Waals surface area contributed by atoms with Crippen LogP contribution in [0.4, 0.5) is 5.69 Å². The van der Waals surface area contributed by atoms with Gasteiger partial charge in [0.1, 0.15) is 0 Å². The fourth-order valence-electron chi connectivity index (χ4n) is 1.62. The minimum atomic E-state index is -0.146. The maximum atomic E-state index is 12.0. The second kappa shape index (κ2) is 5.31. The van der Waals surface area contributed by atoms with Crippen molar-refractivity contribution < 1.29 is 4.79 Å². The molecule has 0 aliphatic carbocycles. The van der Waals surface area contributed by atoms with Crippen LogP contribution in [0.25, 0.3) is 0 Å². The number of carbonyl (C=O) groups is 1. The largest absolute Gasteiger partial charge is 0.386 e. The molecule has 0 saturated carbocycles. The summed E-state index contributed by atoms with van der Waals surface area (Å²) in [5.74, 6) is -0.146. The Morgan fingerprint density at radius 2 is 2.28 bits per heavy atom. The summed E-state index contributed by atoms with van der Waals surface area (Å²) in [5, 5.41) is 9.95. The lowest BCUT2D eigenvalue weighted by molar-refractivity contribution is 0.0951. The van der Waals surface area contributed by atoms with E-state index < -0.39 is 0 Å². The minimum absolute atomic E-state index is 0.146. The molecule has 94 valence electrons. The molecule has 6 heteroatoms. The molecule has 6 nitrogen and oxygen atoms in total. The highest BCUT2D eigenvalue weighted by molar-refractivity contribution is 5.99. The first-order chi connectivity index (χ1) is 8.70. The third kappa shape index (κ3) is 2.65. The average Bonchev–Trinajstić information content (AvgIpc) is 2.81. The maximum Gasteiger partial charge on any atom is 0.253 e. The van der Waals surface area contributed by atoms with Gasteiger partial charge in [-0.3, -0.25) is 14.5 Å². The molecule has 0 atom stereocenters. The molecule has 1 amide bonds. The number of aryl methyl sites for hydroxylation is 1. The van der Waals surface area contributed by atoms with Gasteiger partial charge in [-0.2, -0.15) is 5.10 Å². The summed E-state index contributed by atoms with van der Waals surface area (Å²) in [7, 11) is 3.60. The highest BCUT2D eigenvalue weighted by Crippen LogP contribution is 2.12. The third-order valence-corrected chi connectivity index (χ3v) is 2.53. The van der Waals surface area contributed by atoms with Gasteiger partial charge in [-0.05, 0) is 12.1 Å². The van der Waals surface area contributed by atoms with Crippen LogP contribution in [-0.4, -0.2) is 27.7 Å². The van der Waals surface area contributed by atoms with Crippen LogP contribution in [0.5, 0.6) is 0 Å². The first-order valence-electron chi connectivity index (χ1n) is 5.59. The highest BCUT2D eigenvalue weighted by atomic mass is 16.1. The zero-order valence-electron chi connectivity index (χ0n) is 10.3. The van der Waals surface area contributed by atoms with Crippen molar-refractivity contribution in [2.75, 3.05) is 12.4 Å². The molecule has 0 aliphatic rings. The number of nitrogens with one attached hydrogen (secondary N) is 2. The maximum absolute atomic E-state index is 12.0. The van der Waals surface area contributed by atoms with Crippen LogP contribution < -0.4 is 10.6 Å². The van der Waals surface area contributed by atoms with Crippen molar-refractivity contribution in [1.29, 1.82) is 0 Å². The van der Waals surface area contributed by atoms with E-state index in [1.54, 1.807) is 30.2 Å². The second-order valence-electron chi connectivity index (χ2n) is 3.83. The third-order valence-electron chi connectivity index (χ3n) is 2.53. The molecule has 2 aromatic rings. The average molecular weight is 245 g/mol. The molecule has 0 aliphatic heterocycles. The van der Waals surface area contributed by atoms with Crippen molar-refractivity contribution in [3.8, 4) is 0 Å². The van der Waals surface area contributed by atoms with Crippen LogP contribution in [0.2, 0.25) is 0 Å². The second-order valence-corrected chi connectivity index (χ2v) is 3.83. The quantitative estimate of drug-likeness (QED) is 0.835. The van der Waals surface area contributed by atoms with Crippen molar-refractivity contribution in [2.45, 2.75) is 6.54 Å². The minimum Gasteiger partial charge on any atom is -0.386 e. The fourth-order valence-corrected chi connectivity index (χ4v) is 1.62. The smallest absolute Gasteiger partial charge is 0.253 e. The SMILES string of the molecule is CNc1cnccc1C(=O)NCc1ccn(C)n1. The molecule has 0 fully saturated rings. The van der Waals surface area contributed by atoms with E-state index in [4.69, 9.17) is 0 Å². The lowest BCUT2D eigenvalue weighted by Crippen LogP contribution is -2.24. The molecular weight excluding hydrogens is 230 g/mol. The van der Waals surface area contributed by atoms with E-state index in [0.717, 1.165) is 5.69 Å². The molecule has 2 N–H and O–H groups in total. The molecule has 18 heavy (non-hydrogen) atoms. The van der Waals surface area contributed by atoms with Crippen LogP contribution in [0.15, 0.2) is 30.7 Å². The molecule has 0 aromatic carbocycles. The summed E-state index contributed by atoms with van der Waals surface area (Å²) in [6, 6.07) is 3.55. The van der Waals surface area contributed by atoms with Crippen molar-refractivity contribution >= 4 is 11.6 Å². The molecule has 0 spiro atoms. The van der Waals surface area contributed by atoms with Gasteiger partial charge in [-0.1, -0.05) is 0 Å². The first kappa shape index (κ1) is 12.1. The zero-order chi connectivity index (χ0) is 13.0. The Hall–Kier alpha value is -2.37.